The smallest absolute Gasteiger partial charge is 0.185 e. The Bertz CT molecular complexity index is 970. The van der Waals surface area contributed by atoms with Gasteiger partial charge in [0.1, 0.15) is 16.5 Å². The van der Waals surface area contributed by atoms with Crippen molar-refractivity contribution < 1.29 is 17.2 Å². The lowest BCUT2D eigenvalue weighted by molar-refractivity contribution is 0.549. The highest BCUT2D eigenvalue weighted by Crippen LogP contribution is 2.24. The maximum atomic E-state index is 13.7. The summed E-state index contributed by atoms with van der Waals surface area (Å²) in [7, 11) is -3.95. The summed E-state index contributed by atoms with van der Waals surface area (Å²) in [4.78, 5) is -0.522. The summed E-state index contributed by atoms with van der Waals surface area (Å²) in [5, 5.41) is 4.04. The van der Waals surface area contributed by atoms with Crippen LogP contribution in [0.3, 0.4) is 0 Å². The number of nitrogens with zero attached hydrogens (tertiary/aromatic N) is 2. The molecule has 0 aliphatic heterocycles. The van der Waals surface area contributed by atoms with Crippen molar-refractivity contribution in [2.75, 3.05) is 0 Å². The Kier molecular flexibility index (Phi) is 3.73. The first-order valence-electron chi connectivity index (χ1n) is 6.16. The first-order chi connectivity index (χ1) is 10.4. The second-order valence-corrected chi connectivity index (χ2v) is 7.55. The Morgan fingerprint density at radius 1 is 1.18 bits per heavy atom. The van der Waals surface area contributed by atoms with Crippen molar-refractivity contribution in [3.63, 3.8) is 0 Å². The zero-order valence-corrected chi connectivity index (χ0v) is 13.4. The summed E-state index contributed by atoms with van der Waals surface area (Å²) in [5.41, 5.74) is 1.07. The van der Waals surface area contributed by atoms with Gasteiger partial charge in [0.05, 0.1) is 11.3 Å². The molecule has 114 valence electrons. The number of benzene rings is 1. The molecule has 0 saturated carbocycles. The van der Waals surface area contributed by atoms with Gasteiger partial charge in [-0.3, -0.25) is 0 Å². The second kappa shape index (κ2) is 5.44. The van der Waals surface area contributed by atoms with Crippen LogP contribution in [-0.4, -0.2) is 18.0 Å². The molecule has 0 atom stereocenters. The van der Waals surface area contributed by atoms with Gasteiger partial charge in [0.15, 0.2) is 9.84 Å². The molecule has 0 spiro atoms. The van der Waals surface area contributed by atoms with Crippen LogP contribution in [0.2, 0.25) is 0 Å². The van der Waals surface area contributed by atoms with Crippen molar-refractivity contribution in [2.45, 2.75) is 10.6 Å². The van der Waals surface area contributed by atoms with Crippen molar-refractivity contribution in [3.8, 4) is 0 Å². The zero-order valence-electron chi connectivity index (χ0n) is 11.0. The molecule has 3 aromatic rings. The van der Waals surface area contributed by atoms with E-state index in [1.165, 1.54) is 10.7 Å². The van der Waals surface area contributed by atoms with Crippen molar-refractivity contribution in [3.05, 3.63) is 64.4 Å². The predicted octanol–water partition coefficient (Wildman–Crippen LogP) is 3.35. The molecule has 0 fully saturated rings. The van der Waals surface area contributed by atoms with Crippen molar-refractivity contribution in [2.24, 2.45) is 0 Å². The average molecular weight is 387 g/mol. The van der Waals surface area contributed by atoms with Crippen LogP contribution in [-0.2, 0) is 15.6 Å². The summed E-state index contributed by atoms with van der Waals surface area (Å²) in [6.45, 7) is 0. The number of sulfone groups is 1. The lowest BCUT2D eigenvalue weighted by atomic mass is 10.2. The number of fused-ring (bicyclic) bond motifs is 1. The van der Waals surface area contributed by atoms with Gasteiger partial charge in [-0.25, -0.2) is 21.7 Å². The molecule has 4 nitrogen and oxygen atoms in total. The third-order valence-electron chi connectivity index (χ3n) is 3.13. The Morgan fingerprint density at radius 2 is 1.95 bits per heavy atom. The summed E-state index contributed by atoms with van der Waals surface area (Å²) >= 11 is 3.28. The normalized spacial score (nSPS) is 12.0. The molecular weight excluding hydrogens is 378 g/mol. The van der Waals surface area contributed by atoms with E-state index in [9.17, 15) is 17.2 Å². The molecular formula is C14H9BrF2N2O2S. The van der Waals surface area contributed by atoms with E-state index in [1.54, 1.807) is 18.3 Å². The minimum atomic E-state index is -3.95. The predicted molar refractivity (Wildman–Crippen MR) is 80.1 cm³/mol. The van der Waals surface area contributed by atoms with Crippen molar-refractivity contribution >= 4 is 31.3 Å². The Labute approximate surface area is 133 Å². The second-order valence-electron chi connectivity index (χ2n) is 4.68. The highest BCUT2D eigenvalue weighted by molar-refractivity contribution is 9.10. The van der Waals surface area contributed by atoms with Gasteiger partial charge >= 0.3 is 0 Å². The fourth-order valence-corrected chi connectivity index (χ4v) is 4.09. The van der Waals surface area contributed by atoms with Crippen molar-refractivity contribution in [1.82, 2.24) is 9.61 Å². The molecule has 0 amide bonds. The fourth-order valence-electron chi connectivity index (χ4n) is 2.19. The van der Waals surface area contributed by atoms with Crippen LogP contribution in [0.1, 0.15) is 5.56 Å². The van der Waals surface area contributed by atoms with Gasteiger partial charge in [0.25, 0.3) is 0 Å². The van der Waals surface area contributed by atoms with E-state index in [4.69, 9.17) is 0 Å². The van der Waals surface area contributed by atoms with E-state index in [0.717, 1.165) is 12.1 Å². The van der Waals surface area contributed by atoms with Crippen LogP contribution in [0.5, 0.6) is 0 Å². The SMILES string of the molecule is O=S(=O)(Cc1cc(Br)cn2nccc12)c1ccc(F)cc1F. The van der Waals surface area contributed by atoms with Gasteiger partial charge in [-0.1, -0.05) is 0 Å². The summed E-state index contributed by atoms with van der Waals surface area (Å²) in [5.74, 6) is -2.33. The zero-order chi connectivity index (χ0) is 15.9. The molecule has 0 saturated heterocycles. The molecule has 22 heavy (non-hydrogen) atoms. The first kappa shape index (κ1) is 15.1. The average Bonchev–Trinajstić information content (AvgIpc) is 2.85. The summed E-state index contributed by atoms with van der Waals surface area (Å²) < 4.78 is 53.6. The number of rotatable bonds is 3. The molecule has 3 rings (SSSR count). The summed E-state index contributed by atoms with van der Waals surface area (Å²) in [6, 6.07) is 5.72. The molecule has 0 aliphatic carbocycles. The quantitative estimate of drug-likeness (QED) is 0.648. The Morgan fingerprint density at radius 3 is 2.68 bits per heavy atom. The van der Waals surface area contributed by atoms with Crippen LogP contribution in [0.15, 0.2) is 52.1 Å². The largest absolute Gasteiger partial charge is 0.240 e. The van der Waals surface area contributed by atoms with Crippen LogP contribution < -0.4 is 0 Å². The monoisotopic (exact) mass is 386 g/mol. The highest BCUT2D eigenvalue weighted by Gasteiger charge is 2.22. The van der Waals surface area contributed by atoms with Crippen LogP contribution in [0.25, 0.3) is 5.52 Å². The first-order valence-corrected chi connectivity index (χ1v) is 8.61. The van der Waals surface area contributed by atoms with Crippen LogP contribution in [0.4, 0.5) is 8.78 Å². The van der Waals surface area contributed by atoms with E-state index < -0.39 is 32.1 Å². The number of hydrogen-bond acceptors (Lipinski definition) is 3. The van der Waals surface area contributed by atoms with E-state index in [-0.39, 0.29) is 0 Å². The number of aromatic nitrogens is 2. The molecule has 0 bridgehead atoms. The summed E-state index contributed by atoms with van der Waals surface area (Å²) in [6.07, 6.45) is 3.22. The minimum absolute atomic E-state index is 0.413. The third-order valence-corrected chi connectivity index (χ3v) is 5.26. The lowest BCUT2D eigenvalue weighted by Gasteiger charge is -2.08. The molecule has 1 aromatic carbocycles. The molecule has 0 radical (unpaired) electrons. The van der Waals surface area contributed by atoms with E-state index >= 15 is 0 Å². The minimum Gasteiger partial charge on any atom is -0.240 e. The standard InChI is InChI=1S/C14H9BrF2N2O2S/c15-10-5-9(13-3-4-18-19(13)7-10)8-22(20,21)14-2-1-11(16)6-12(14)17/h1-7H,8H2. The van der Waals surface area contributed by atoms with E-state index in [0.29, 0.717) is 21.6 Å². The number of pyridine rings is 1. The van der Waals surface area contributed by atoms with Gasteiger partial charge in [-0.05, 0) is 45.8 Å². The van der Waals surface area contributed by atoms with E-state index in [2.05, 4.69) is 21.0 Å². The molecule has 8 heteroatoms. The number of halogens is 3. The third kappa shape index (κ3) is 2.76. The van der Waals surface area contributed by atoms with Crippen LogP contribution in [0, 0.1) is 11.6 Å². The molecule has 0 aliphatic rings. The maximum absolute atomic E-state index is 13.7. The molecule has 2 aromatic heterocycles. The van der Waals surface area contributed by atoms with Gasteiger partial charge < -0.3 is 0 Å². The van der Waals surface area contributed by atoms with Crippen LogP contribution >= 0.6 is 15.9 Å². The molecule has 0 unspecified atom stereocenters. The Balaban J connectivity index is 2.08. The highest BCUT2D eigenvalue weighted by atomic mass is 79.9. The van der Waals surface area contributed by atoms with Gasteiger partial charge in [-0.2, -0.15) is 5.10 Å². The fraction of sp³-hybridized carbons (Fsp3) is 0.0714. The molecule has 2 heterocycles. The topological polar surface area (TPSA) is 51.4 Å². The van der Waals surface area contributed by atoms with Gasteiger partial charge in [-0.15, -0.1) is 0 Å². The van der Waals surface area contributed by atoms with E-state index in [1.807, 2.05) is 0 Å². The number of hydrogen-bond donors (Lipinski definition) is 0. The Hall–Kier alpha value is -1.80. The maximum Gasteiger partial charge on any atom is 0.185 e. The van der Waals surface area contributed by atoms with Gasteiger partial charge in [0, 0.05) is 22.9 Å². The lowest BCUT2D eigenvalue weighted by Crippen LogP contribution is -2.08. The van der Waals surface area contributed by atoms with Gasteiger partial charge in [0.2, 0.25) is 0 Å². The molecule has 0 N–H and O–H groups in total. The van der Waals surface area contributed by atoms with Crippen molar-refractivity contribution in [1.29, 1.82) is 0 Å².